The van der Waals surface area contributed by atoms with Gasteiger partial charge in [0, 0.05) is 11.8 Å². The first-order valence-electron chi connectivity index (χ1n) is 8.16. The van der Waals surface area contributed by atoms with Crippen LogP contribution in [0.1, 0.15) is 26.0 Å². The van der Waals surface area contributed by atoms with Crippen LogP contribution in [0.4, 0.5) is 10.6 Å². The van der Waals surface area contributed by atoms with Gasteiger partial charge < -0.3 is 15.6 Å². The van der Waals surface area contributed by atoms with Gasteiger partial charge in [-0.05, 0) is 51.5 Å². The fraction of sp³-hybridized carbons (Fsp3) is 0.316. The Morgan fingerprint density at radius 3 is 2.77 bits per heavy atom. The summed E-state index contributed by atoms with van der Waals surface area (Å²) < 4.78 is 5.84. The fourth-order valence-corrected chi connectivity index (χ4v) is 2.61. The number of aromatic nitrogens is 2. The summed E-state index contributed by atoms with van der Waals surface area (Å²) in [5.74, 6) is 0.901. The number of rotatable bonds is 7. The first kappa shape index (κ1) is 19.4. The Hall–Kier alpha value is -2.93. The molecule has 2 heterocycles. The van der Waals surface area contributed by atoms with Crippen molar-refractivity contribution in [2.75, 3.05) is 11.9 Å². The predicted octanol–water partition coefficient (Wildman–Crippen LogP) is 3.60. The van der Waals surface area contributed by atoms with Crippen LogP contribution in [0.2, 0.25) is 0 Å². The molecular weight excluding hydrogens is 332 g/mol. The van der Waals surface area contributed by atoms with Crippen LogP contribution in [-0.4, -0.2) is 33.3 Å². The van der Waals surface area contributed by atoms with Crippen molar-refractivity contribution in [2.24, 2.45) is 5.73 Å². The zero-order chi connectivity index (χ0) is 19.3. The molecule has 7 nitrogen and oxygen atoms in total. The van der Waals surface area contributed by atoms with Gasteiger partial charge in [-0.2, -0.15) is 0 Å². The van der Waals surface area contributed by atoms with Crippen molar-refractivity contribution < 1.29 is 14.6 Å². The van der Waals surface area contributed by atoms with E-state index in [1.54, 1.807) is 12.1 Å². The minimum Gasteiger partial charge on any atom is -0.490 e. The molecule has 138 valence electrons. The largest absolute Gasteiger partial charge is 0.490 e. The minimum atomic E-state index is -1.16. The average Bonchev–Trinajstić information content (AvgIpc) is 2.52. The van der Waals surface area contributed by atoms with Gasteiger partial charge in [-0.25, -0.2) is 14.8 Å². The molecule has 0 saturated carbocycles. The van der Waals surface area contributed by atoms with Gasteiger partial charge in [0.2, 0.25) is 0 Å². The van der Waals surface area contributed by atoms with E-state index in [0.717, 1.165) is 16.8 Å². The molecule has 0 aliphatic carbocycles. The van der Waals surface area contributed by atoms with Crippen LogP contribution in [-0.2, 0) is 0 Å². The van der Waals surface area contributed by atoms with Gasteiger partial charge in [-0.3, -0.25) is 5.32 Å². The summed E-state index contributed by atoms with van der Waals surface area (Å²) in [6.07, 6.45) is 1.04. The highest BCUT2D eigenvalue weighted by Gasteiger charge is 2.20. The van der Waals surface area contributed by atoms with Crippen molar-refractivity contribution in [1.29, 1.82) is 0 Å². The Balaban J connectivity index is 2.14. The van der Waals surface area contributed by atoms with Crippen molar-refractivity contribution in [2.45, 2.75) is 32.7 Å². The Morgan fingerprint density at radius 2 is 2.15 bits per heavy atom. The number of hydrogen-bond acceptors (Lipinski definition) is 5. The molecule has 0 saturated heterocycles. The SMILES string of the molecule is C=C(C)C[C@](C)(N)COc1ccc(-c2ccnc(NC(=O)O)c2)nc1C. The molecule has 0 aromatic carbocycles. The molecule has 2 aromatic rings. The molecule has 0 spiro atoms. The number of nitrogens with two attached hydrogens (primary N) is 1. The Morgan fingerprint density at radius 1 is 1.42 bits per heavy atom. The number of anilines is 1. The van der Waals surface area contributed by atoms with Gasteiger partial charge in [0.25, 0.3) is 0 Å². The first-order valence-corrected chi connectivity index (χ1v) is 8.16. The third-order valence-electron chi connectivity index (χ3n) is 3.59. The molecule has 2 rings (SSSR count). The minimum absolute atomic E-state index is 0.244. The highest BCUT2D eigenvalue weighted by Crippen LogP contribution is 2.25. The number of aryl methyl sites for hydroxylation is 1. The van der Waals surface area contributed by atoms with Crippen molar-refractivity contribution in [1.82, 2.24) is 9.97 Å². The lowest BCUT2D eigenvalue weighted by Crippen LogP contribution is -2.42. The topological polar surface area (TPSA) is 110 Å². The molecule has 7 heteroatoms. The van der Waals surface area contributed by atoms with Gasteiger partial charge >= 0.3 is 6.09 Å². The molecule has 4 N–H and O–H groups in total. The number of pyridine rings is 2. The summed E-state index contributed by atoms with van der Waals surface area (Å²) >= 11 is 0. The monoisotopic (exact) mass is 356 g/mol. The maximum absolute atomic E-state index is 10.7. The van der Waals surface area contributed by atoms with E-state index in [1.165, 1.54) is 6.20 Å². The molecule has 2 aromatic heterocycles. The molecule has 0 radical (unpaired) electrons. The summed E-state index contributed by atoms with van der Waals surface area (Å²) in [4.78, 5) is 19.2. The average molecular weight is 356 g/mol. The number of nitrogens with zero attached hydrogens (tertiary/aromatic N) is 2. The second-order valence-corrected chi connectivity index (χ2v) is 6.72. The lowest BCUT2D eigenvalue weighted by atomic mass is 9.96. The number of amides is 1. The van der Waals surface area contributed by atoms with E-state index in [-0.39, 0.29) is 5.82 Å². The van der Waals surface area contributed by atoms with E-state index >= 15 is 0 Å². The summed E-state index contributed by atoms with van der Waals surface area (Å²) in [7, 11) is 0. The quantitative estimate of drug-likeness (QED) is 0.654. The molecule has 0 unspecified atom stereocenters. The van der Waals surface area contributed by atoms with Crippen molar-refractivity contribution >= 4 is 11.9 Å². The van der Waals surface area contributed by atoms with Crippen LogP contribution in [0.15, 0.2) is 42.6 Å². The van der Waals surface area contributed by atoms with Crippen molar-refractivity contribution in [3.63, 3.8) is 0 Å². The smallest absolute Gasteiger partial charge is 0.410 e. The summed E-state index contributed by atoms with van der Waals surface area (Å²) in [5.41, 5.74) is 8.90. The molecule has 0 aliphatic heterocycles. The van der Waals surface area contributed by atoms with Crippen LogP contribution in [0.3, 0.4) is 0 Å². The molecule has 0 bridgehead atoms. The van der Waals surface area contributed by atoms with E-state index in [9.17, 15) is 4.79 Å². The molecular formula is C19H24N4O3. The zero-order valence-corrected chi connectivity index (χ0v) is 15.2. The highest BCUT2D eigenvalue weighted by atomic mass is 16.5. The predicted molar refractivity (Wildman–Crippen MR) is 101 cm³/mol. The van der Waals surface area contributed by atoms with E-state index in [4.69, 9.17) is 15.6 Å². The van der Waals surface area contributed by atoms with Gasteiger partial charge in [0.15, 0.2) is 0 Å². The number of ether oxygens (including phenoxy) is 1. The van der Waals surface area contributed by atoms with Gasteiger partial charge in [-0.15, -0.1) is 6.58 Å². The van der Waals surface area contributed by atoms with Crippen LogP contribution in [0.5, 0.6) is 5.75 Å². The van der Waals surface area contributed by atoms with Crippen LogP contribution in [0, 0.1) is 6.92 Å². The van der Waals surface area contributed by atoms with Crippen LogP contribution in [0.25, 0.3) is 11.3 Å². The van der Waals surface area contributed by atoms with Crippen molar-refractivity contribution in [3.05, 3.63) is 48.3 Å². The molecule has 26 heavy (non-hydrogen) atoms. The molecule has 1 atom stereocenters. The zero-order valence-electron chi connectivity index (χ0n) is 15.2. The number of carbonyl (C=O) groups is 1. The van der Waals surface area contributed by atoms with E-state index in [1.807, 2.05) is 32.9 Å². The van der Waals surface area contributed by atoms with Gasteiger partial charge in [-0.1, -0.05) is 5.57 Å². The Bertz CT molecular complexity index is 818. The maximum atomic E-state index is 10.7. The normalized spacial score (nSPS) is 12.9. The second-order valence-electron chi connectivity index (χ2n) is 6.72. The van der Waals surface area contributed by atoms with E-state index in [2.05, 4.69) is 21.9 Å². The third-order valence-corrected chi connectivity index (χ3v) is 3.59. The fourth-order valence-electron chi connectivity index (χ4n) is 2.61. The number of carboxylic acid groups (broad SMARTS) is 1. The van der Waals surface area contributed by atoms with E-state index in [0.29, 0.717) is 24.5 Å². The summed E-state index contributed by atoms with van der Waals surface area (Å²) in [6, 6.07) is 7.04. The lowest BCUT2D eigenvalue weighted by Gasteiger charge is -2.25. The Kier molecular flexibility index (Phi) is 5.94. The maximum Gasteiger partial charge on any atom is 0.410 e. The number of nitrogens with one attached hydrogen (secondary N) is 1. The van der Waals surface area contributed by atoms with Crippen molar-refractivity contribution in [3.8, 4) is 17.0 Å². The van der Waals surface area contributed by atoms with Crippen LogP contribution >= 0.6 is 0 Å². The molecule has 1 amide bonds. The van der Waals surface area contributed by atoms with Crippen LogP contribution < -0.4 is 15.8 Å². The third kappa shape index (κ3) is 5.56. The lowest BCUT2D eigenvalue weighted by molar-refractivity contribution is 0.209. The second kappa shape index (κ2) is 7.97. The highest BCUT2D eigenvalue weighted by molar-refractivity contribution is 5.82. The summed E-state index contributed by atoms with van der Waals surface area (Å²) in [5, 5.41) is 11.0. The van der Waals surface area contributed by atoms with E-state index < -0.39 is 11.6 Å². The summed E-state index contributed by atoms with van der Waals surface area (Å²) in [6.45, 7) is 9.95. The molecule has 0 aliphatic rings. The van der Waals surface area contributed by atoms with Gasteiger partial charge in [0.05, 0.1) is 16.9 Å². The first-order chi connectivity index (χ1) is 12.2. The molecule has 0 fully saturated rings. The Labute approximate surface area is 152 Å². The standard InChI is InChI=1S/C19H24N4O3/c1-12(2)10-19(4,20)11-26-16-6-5-15(22-13(16)3)14-7-8-21-17(9-14)23-18(24)25/h5-9H,1,10-11,20H2,2-4H3,(H,21,23)(H,24,25)/t19-/m0/s1. The number of hydrogen-bond donors (Lipinski definition) is 3. The van der Waals surface area contributed by atoms with Gasteiger partial charge in [0.1, 0.15) is 18.2 Å².